The first-order chi connectivity index (χ1) is 11.4. The highest BCUT2D eigenvalue weighted by Gasteiger charge is 2.41. The molecule has 0 spiro atoms. The van der Waals surface area contributed by atoms with E-state index in [-0.39, 0.29) is 16.2 Å². The Hall–Kier alpha value is -1.56. The summed E-state index contributed by atoms with van der Waals surface area (Å²) in [6, 6.07) is 9.03. The highest BCUT2D eigenvalue weighted by Crippen LogP contribution is 2.55. The molecule has 2 aliphatic rings. The Morgan fingerprint density at radius 2 is 1.36 bits per heavy atom. The zero-order chi connectivity index (χ0) is 18.6. The van der Waals surface area contributed by atoms with Crippen molar-refractivity contribution in [2.75, 3.05) is 0 Å². The molecule has 0 fully saturated rings. The van der Waals surface area contributed by atoms with Crippen molar-refractivity contribution < 1.29 is 0 Å². The van der Waals surface area contributed by atoms with E-state index >= 15 is 0 Å². The smallest absolute Gasteiger partial charge is 0.0119 e. The number of rotatable bonds is 2. The average Bonchev–Trinajstić information content (AvgIpc) is 3.12. The number of benzene rings is 1. The fourth-order valence-electron chi connectivity index (χ4n) is 4.29. The van der Waals surface area contributed by atoms with Crippen LogP contribution in [0.1, 0.15) is 78.9 Å². The van der Waals surface area contributed by atoms with Crippen molar-refractivity contribution in [2.45, 2.75) is 67.7 Å². The van der Waals surface area contributed by atoms with E-state index < -0.39 is 0 Å². The summed E-state index contributed by atoms with van der Waals surface area (Å²) < 4.78 is 0. The predicted molar refractivity (Wildman–Crippen MR) is 111 cm³/mol. The van der Waals surface area contributed by atoms with Crippen molar-refractivity contribution in [3.63, 3.8) is 0 Å². The quantitative estimate of drug-likeness (QED) is 0.524. The Morgan fingerprint density at radius 3 is 1.92 bits per heavy atom. The molecule has 0 aliphatic heterocycles. The summed E-state index contributed by atoms with van der Waals surface area (Å²) >= 11 is 0. The van der Waals surface area contributed by atoms with E-state index in [1.54, 1.807) is 11.1 Å². The highest BCUT2D eigenvalue weighted by atomic mass is 14.4. The molecule has 0 aromatic heterocycles. The molecule has 3 rings (SSSR count). The molecular formula is C25H34. The number of hydrogen-bond acceptors (Lipinski definition) is 0. The van der Waals surface area contributed by atoms with Crippen molar-refractivity contribution in [1.82, 2.24) is 0 Å². The molecule has 25 heavy (non-hydrogen) atoms. The van der Waals surface area contributed by atoms with Crippen molar-refractivity contribution >= 4 is 5.57 Å². The molecule has 2 aliphatic carbocycles. The Morgan fingerprint density at radius 1 is 0.760 bits per heavy atom. The van der Waals surface area contributed by atoms with E-state index in [1.165, 1.54) is 16.7 Å². The van der Waals surface area contributed by atoms with Gasteiger partial charge in [-0.25, -0.2) is 0 Å². The van der Waals surface area contributed by atoms with Gasteiger partial charge in [-0.3, -0.25) is 0 Å². The summed E-state index contributed by atoms with van der Waals surface area (Å²) in [6.07, 6.45) is 8.44. The third kappa shape index (κ3) is 3.16. The summed E-state index contributed by atoms with van der Waals surface area (Å²) in [4.78, 5) is 0. The van der Waals surface area contributed by atoms with Crippen molar-refractivity contribution in [2.24, 2.45) is 16.2 Å². The van der Waals surface area contributed by atoms with Crippen LogP contribution in [0.3, 0.4) is 0 Å². The third-order valence-electron chi connectivity index (χ3n) is 6.16. The minimum atomic E-state index is 0.132. The largest absolute Gasteiger partial charge is 0.0718 e. The Bertz CT molecular complexity index is 767. The second kappa shape index (κ2) is 5.73. The summed E-state index contributed by atoms with van der Waals surface area (Å²) in [6.45, 7) is 18.8. The van der Waals surface area contributed by atoms with Gasteiger partial charge in [0.05, 0.1) is 0 Å². The maximum Gasteiger partial charge on any atom is 0.0119 e. The second-order valence-electron chi connectivity index (χ2n) is 10.4. The molecule has 1 atom stereocenters. The lowest BCUT2D eigenvalue weighted by Crippen LogP contribution is -2.23. The van der Waals surface area contributed by atoms with Crippen LogP contribution in [0.5, 0.6) is 0 Å². The first-order valence-corrected chi connectivity index (χ1v) is 9.64. The molecule has 0 bridgehead atoms. The number of allylic oxidation sites excluding steroid dienone is 6. The molecule has 0 saturated carbocycles. The topological polar surface area (TPSA) is 0 Å². The van der Waals surface area contributed by atoms with Gasteiger partial charge in [-0.05, 0) is 39.4 Å². The van der Waals surface area contributed by atoms with E-state index in [1.807, 2.05) is 0 Å². The lowest BCUT2D eigenvalue weighted by Gasteiger charge is -2.35. The van der Waals surface area contributed by atoms with Crippen LogP contribution in [0.2, 0.25) is 0 Å². The molecule has 134 valence electrons. The van der Waals surface area contributed by atoms with Crippen LogP contribution >= 0.6 is 0 Å². The fraction of sp³-hybridized carbons (Fsp3) is 0.520. The van der Waals surface area contributed by atoms with Gasteiger partial charge >= 0.3 is 0 Å². The number of hydrogen-bond donors (Lipinski definition) is 0. The molecule has 0 heteroatoms. The standard InChI is InChI=1S/C25H34/c1-23(2,3)17-13-14-18(15-17)25(7,8)22-16-21(24(4,5)6)19-11-9-10-12-20(19)22/h9-14,16,22H,15H2,1-8H3. The van der Waals surface area contributed by atoms with Gasteiger partial charge in [0.15, 0.2) is 0 Å². The summed E-state index contributed by atoms with van der Waals surface area (Å²) in [7, 11) is 0. The lowest BCUT2D eigenvalue weighted by molar-refractivity contribution is 0.385. The van der Waals surface area contributed by atoms with Crippen molar-refractivity contribution in [3.8, 4) is 0 Å². The summed E-state index contributed by atoms with van der Waals surface area (Å²) in [5.74, 6) is 0.455. The van der Waals surface area contributed by atoms with Gasteiger partial charge in [0, 0.05) is 5.92 Å². The Balaban J connectivity index is 1.98. The number of fused-ring (bicyclic) bond motifs is 1. The van der Waals surface area contributed by atoms with Crippen molar-refractivity contribution in [1.29, 1.82) is 0 Å². The van der Waals surface area contributed by atoms with Crippen LogP contribution < -0.4 is 0 Å². The Kier molecular flexibility index (Phi) is 4.18. The third-order valence-corrected chi connectivity index (χ3v) is 6.16. The zero-order valence-corrected chi connectivity index (χ0v) is 17.3. The van der Waals surface area contributed by atoms with Crippen LogP contribution in [0.15, 0.2) is 53.6 Å². The SMILES string of the molecule is CC(C)(C)C1=CC=C(C(C)(C)C2C=C(C(C)(C)C)c3ccccc32)C1. The van der Waals surface area contributed by atoms with Crippen LogP contribution in [-0.4, -0.2) is 0 Å². The monoisotopic (exact) mass is 334 g/mol. The van der Waals surface area contributed by atoms with Gasteiger partial charge in [0.2, 0.25) is 0 Å². The molecule has 0 amide bonds. The lowest BCUT2D eigenvalue weighted by atomic mass is 9.69. The minimum Gasteiger partial charge on any atom is -0.0718 e. The normalized spacial score (nSPS) is 21.0. The van der Waals surface area contributed by atoms with Gasteiger partial charge in [0.1, 0.15) is 0 Å². The van der Waals surface area contributed by atoms with Crippen LogP contribution in [-0.2, 0) is 0 Å². The second-order valence-corrected chi connectivity index (χ2v) is 10.4. The summed E-state index contributed by atoms with van der Waals surface area (Å²) in [5.41, 5.74) is 8.16. The molecule has 1 aromatic rings. The zero-order valence-electron chi connectivity index (χ0n) is 17.3. The molecule has 0 nitrogen and oxygen atoms in total. The van der Waals surface area contributed by atoms with E-state index in [9.17, 15) is 0 Å². The minimum absolute atomic E-state index is 0.132. The van der Waals surface area contributed by atoms with E-state index in [2.05, 4.69) is 97.9 Å². The van der Waals surface area contributed by atoms with Crippen LogP contribution in [0.25, 0.3) is 5.57 Å². The first kappa shape index (κ1) is 18.2. The first-order valence-electron chi connectivity index (χ1n) is 9.64. The van der Waals surface area contributed by atoms with Crippen LogP contribution in [0, 0.1) is 16.2 Å². The molecule has 1 unspecified atom stereocenters. The van der Waals surface area contributed by atoms with E-state index in [4.69, 9.17) is 0 Å². The molecule has 0 radical (unpaired) electrons. The van der Waals surface area contributed by atoms with Gasteiger partial charge in [-0.1, -0.05) is 109 Å². The van der Waals surface area contributed by atoms with Gasteiger partial charge in [0.25, 0.3) is 0 Å². The predicted octanol–water partition coefficient (Wildman–Crippen LogP) is 7.54. The maximum absolute atomic E-state index is 2.56. The van der Waals surface area contributed by atoms with Crippen LogP contribution in [0.4, 0.5) is 0 Å². The molecule has 1 aromatic carbocycles. The van der Waals surface area contributed by atoms with Gasteiger partial charge in [-0.2, -0.15) is 0 Å². The van der Waals surface area contributed by atoms with Crippen molar-refractivity contribution in [3.05, 3.63) is 64.8 Å². The van der Waals surface area contributed by atoms with E-state index in [0.29, 0.717) is 5.92 Å². The fourth-order valence-corrected chi connectivity index (χ4v) is 4.29. The molecule has 0 saturated heterocycles. The van der Waals surface area contributed by atoms with E-state index in [0.717, 1.165) is 6.42 Å². The summed E-state index contributed by atoms with van der Waals surface area (Å²) in [5, 5.41) is 0. The highest BCUT2D eigenvalue weighted by molar-refractivity contribution is 5.78. The average molecular weight is 335 g/mol. The molecular weight excluding hydrogens is 300 g/mol. The molecule has 0 heterocycles. The van der Waals surface area contributed by atoms with Gasteiger partial charge < -0.3 is 0 Å². The Labute approximate surface area is 154 Å². The van der Waals surface area contributed by atoms with Gasteiger partial charge in [-0.15, -0.1) is 0 Å². The maximum atomic E-state index is 2.56. The molecule has 0 N–H and O–H groups in total.